The van der Waals surface area contributed by atoms with Crippen molar-refractivity contribution in [2.75, 3.05) is 72.7 Å². The van der Waals surface area contributed by atoms with Gasteiger partial charge in [-0.1, -0.05) is 20.8 Å². The van der Waals surface area contributed by atoms with E-state index in [0.29, 0.717) is 72.0 Å². The second-order valence-corrected chi connectivity index (χ2v) is 8.19. The minimum absolute atomic E-state index is 0.00606. The van der Waals surface area contributed by atoms with Crippen LogP contribution in [0.3, 0.4) is 0 Å². The van der Waals surface area contributed by atoms with E-state index in [1.54, 1.807) is 0 Å². The van der Waals surface area contributed by atoms with Gasteiger partial charge in [0.15, 0.2) is 0 Å². The third kappa shape index (κ3) is 11.7. The van der Waals surface area contributed by atoms with Crippen molar-refractivity contribution < 1.29 is 38.7 Å². The average Bonchev–Trinajstić information content (AvgIpc) is 2.61. The lowest BCUT2D eigenvalue weighted by molar-refractivity contribution is -0.0555. The van der Waals surface area contributed by atoms with Crippen molar-refractivity contribution in [2.24, 2.45) is 17.3 Å². The third-order valence-corrected chi connectivity index (χ3v) is 4.86. The highest BCUT2D eigenvalue weighted by Gasteiger charge is 2.47. The molecule has 0 aromatic carbocycles. The number of aliphatic hydroxyl groups is 1. The lowest BCUT2D eigenvalue weighted by Crippen LogP contribution is -2.58. The Labute approximate surface area is 174 Å². The molecule has 1 amide bonds. The summed E-state index contributed by atoms with van der Waals surface area (Å²) in [5, 5.41) is 20.1. The lowest BCUT2D eigenvalue weighted by atomic mass is 9.58. The number of amides is 1. The molecule has 1 unspecified atom stereocenters. The van der Waals surface area contributed by atoms with Crippen molar-refractivity contribution in [3.63, 3.8) is 0 Å². The third-order valence-electron chi connectivity index (χ3n) is 4.86. The fraction of sp³-hybridized carbons (Fsp3) is 0.950. The highest BCUT2D eigenvalue weighted by molar-refractivity contribution is 5.65. The normalized spacial score (nSPS) is 21.7. The molecule has 1 aliphatic carbocycles. The molecule has 9 heteroatoms. The molecule has 0 radical (unpaired) electrons. The molecule has 3 N–H and O–H groups in total. The van der Waals surface area contributed by atoms with Crippen molar-refractivity contribution in [3.8, 4) is 0 Å². The Balaban J connectivity index is 1.92. The maximum absolute atomic E-state index is 10.9. The van der Waals surface area contributed by atoms with E-state index < -0.39 is 6.09 Å². The molecule has 0 bridgehead atoms. The first-order valence-electron chi connectivity index (χ1n) is 10.3. The second kappa shape index (κ2) is 14.9. The summed E-state index contributed by atoms with van der Waals surface area (Å²) in [4.78, 5) is 10.9. The van der Waals surface area contributed by atoms with Gasteiger partial charge in [0.25, 0.3) is 0 Å². The van der Waals surface area contributed by atoms with Crippen LogP contribution >= 0.6 is 0 Å². The highest BCUT2D eigenvalue weighted by atomic mass is 16.6. The highest BCUT2D eigenvalue weighted by Crippen LogP contribution is 2.46. The molecule has 172 valence electrons. The molecular weight excluding hydrogens is 382 g/mol. The number of aliphatic hydroxyl groups excluding tert-OH is 1. The van der Waals surface area contributed by atoms with E-state index in [-0.39, 0.29) is 24.0 Å². The molecule has 3 atom stereocenters. The minimum atomic E-state index is -0.960. The first-order valence-corrected chi connectivity index (χ1v) is 10.3. The Kier molecular flexibility index (Phi) is 13.4. The maximum Gasteiger partial charge on any atom is 0.404 e. The van der Waals surface area contributed by atoms with Gasteiger partial charge in [-0.2, -0.15) is 0 Å². The summed E-state index contributed by atoms with van der Waals surface area (Å²) in [5.74, 6) is 0.639. The van der Waals surface area contributed by atoms with Crippen LogP contribution in [0.15, 0.2) is 0 Å². The first-order chi connectivity index (χ1) is 13.9. The second-order valence-electron chi connectivity index (χ2n) is 8.19. The SMILES string of the molecule is CC(C)(C)C1[C@H](COCCOCCOCCOCCOCCO)C[C@H]1NC(=O)O. The fourth-order valence-corrected chi connectivity index (χ4v) is 3.72. The van der Waals surface area contributed by atoms with Crippen LogP contribution in [0, 0.1) is 17.3 Å². The van der Waals surface area contributed by atoms with Crippen LogP contribution in [0.25, 0.3) is 0 Å². The van der Waals surface area contributed by atoms with E-state index in [4.69, 9.17) is 33.9 Å². The first kappa shape index (κ1) is 26.1. The van der Waals surface area contributed by atoms with E-state index in [9.17, 15) is 4.79 Å². The van der Waals surface area contributed by atoms with Crippen molar-refractivity contribution >= 4 is 6.09 Å². The zero-order valence-electron chi connectivity index (χ0n) is 18.1. The Morgan fingerprint density at radius 1 is 0.862 bits per heavy atom. The monoisotopic (exact) mass is 421 g/mol. The molecule has 1 rings (SSSR count). The Morgan fingerprint density at radius 3 is 1.72 bits per heavy atom. The van der Waals surface area contributed by atoms with Crippen LogP contribution < -0.4 is 5.32 Å². The molecule has 0 heterocycles. The molecule has 0 aromatic heterocycles. The quantitative estimate of drug-likeness (QED) is 0.302. The summed E-state index contributed by atoms with van der Waals surface area (Å²) in [5.41, 5.74) is 0.0311. The summed E-state index contributed by atoms with van der Waals surface area (Å²) < 4.78 is 27.0. The number of carboxylic acid groups (broad SMARTS) is 1. The zero-order chi connectivity index (χ0) is 21.5. The fourth-order valence-electron chi connectivity index (χ4n) is 3.72. The Morgan fingerprint density at radius 2 is 1.31 bits per heavy atom. The Hall–Kier alpha value is -0.970. The number of hydrogen-bond acceptors (Lipinski definition) is 7. The van der Waals surface area contributed by atoms with Gasteiger partial charge in [-0.3, -0.25) is 0 Å². The van der Waals surface area contributed by atoms with Crippen LogP contribution in [0.2, 0.25) is 0 Å². The predicted octanol–water partition coefficient (Wildman–Crippen LogP) is 1.38. The molecule has 0 spiro atoms. The Bertz CT molecular complexity index is 429. The summed E-state index contributed by atoms with van der Waals surface area (Å²) in [6, 6.07) is 0.00606. The molecule has 1 fully saturated rings. The van der Waals surface area contributed by atoms with Gasteiger partial charge >= 0.3 is 6.09 Å². The van der Waals surface area contributed by atoms with Crippen LogP contribution in [0.4, 0.5) is 4.79 Å². The van der Waals surface area contributed by atoms with E-state index in [2.05, 4.69) is 26.1 Å². The molecule has 0 aromatic rings. The van der Waals surface area contributed by atoms with Crippen molar-refractivity contribution in [1.29, 1.82) is 0 Å². The minimum Gasteiger partial charge on any atom is -0.465 e. The number of rotatable bonds is 17. The molecule has 1 aliphatic rings. The van der Waals surface area contributed by atoms with Crippen LogP contribution in [0.1, 0.15) is 27.2 Å². The molecule has 29 heavy (non-hydrogen) atoms. The standard InChI is InChI=1S/C20H39NO8/c1-20(2,3)18-16(14-17(18)21-19(23)24)15-29-13-12-28-11-10-27-9-8-26-7-6-25-5-4-22/h16-18,21-22H,4-15H2,1-3H3,(H,23,24)/t16-,17+,18?/m0/s1. The topological polar surface area (TPSA) is 116 Å². The zero-order valence-corrected chi connectivity index (χ0v) is 18.1. The van der Waals surface area contributed by atoms with Crippen LogP contribution in [-0.4, -0.2) is 95.0 Å². The molecule has 0 saturated heterocycles. The largest absolute Gasteiger partial charge is 0.465 e. The van der Waals surface area contributed by atoms with Crippen LogP contribution in [-0.2, 0) is 23.7 Å². The van der Waals surface area contributed by atoms with Crippen molar-refractivity contribution in [3.05, 3.63) is 0 Å². The predicted molar refractivity (Wildman–Crippen MR) is 107 cm³/mol. The van der Waals surface area contributed by atoms with Gasteiger partial charge < -0.3 is 39.2 Å². The van der Waals surface area contributed by atoms with E-state index in [1.165, 1.54) is 0 Å². The van der Waals surface area contributed by atoms with Gasteiger partial charge in [-0.25, -0.2) is 4.79 Å². The number of carbonyl (C=O) groups is 1. The van der Waals surface area contributed by atoms with Gasteiger partial charge in [0.1, 0.15) is 0 Å². The molecule has 9 nitrogen and oxygen atoms in total. The van der Waals surface area contributed by atoms with Crippen molar-refractivity contribution in [2.45, 2.75) is 33.2 Å². The maximum atomic E-state index is 10.9. The van der Waals surface area contributed by atoms with Gasteiger partial charge in [0.05, 0.1) is 66.1 Å². The summed E-state index contributed by atoms with van der Waals surface area (Å²) in [6.07, 6.45) is -0.142. The van der Waals surface area contributed by atoms with Gasteiger partial charge in [0, 0.05) is 12.6 Å². The summed E-state index contributed by atoms with van der Waals surface area (Å²) >= 11 is 0. The van der Waals surface area contributed by atoms with Gasteiger partial charge in [0.2, 0.25) is 0 Å². The molecule has 0 aliphatic heterocycles. The van der Waals surface area contributed by atoms with Gasteiger partial charge in [-0.15, -0.1) is 0 Å². The summed E-state index contributed by atoms with van der Waals surface area (Å²) in [7, 11) is 0. The summed E-state index contributed by atoms with van der Waals surface area (Å²) in [6.45, 7) is 11.4. The smallest absolute Gasteiger partial charge is 0.404 e. The van der Waals surface area contributed by atoms with E-state index in [1.807, 2.05) is 0 Å². The van der Waals surface area contributed by atoms with Crippen LogP contribution in [0.5, 0.6) is 0 Å². The lowest BCUT2D eigenvalue weighted by Gasteiger charge is -2.51. The number of nitrogens with one attached hydrogen (secondary N) is 1. The average molecular weight is 422 g/mol. The van der Waals surface area contributed by atoms with Crippen molar-refractivity contribution in [1.82, 2.24) is 5.32 Å². The van der Waals surface area contributed by atoms with Gasteiger partial charge in [-0.05, 0) is 23.7 Å². The van der Waals surface area contributed by atoms with E-state index >= 15 is 0 Å². The molecular formula is C20H39NO8. The number of ether oxygens (including phenoxy) is 5. The number of hydrogen-bond donors (Lipinski definition) is 3. The van der Waals surface area contributed by atoms with E-state index in [0.717, 1.165) is 6.42 Å². The molecule has 1 saturated carbocycles.